The van der Waals surface area contributed by atoms with Crippen molar-refractivity contribution < 1.29 is 9.53 Å². The van der Waals surface area contributed by atoms with E-state index in [0.29, 0.717) is 11.4 Å². The van der Waals surface area contributed by atoms with Crippen molar-refractivity contribution in [1.29, 1.82) is 0 Å². The molecule has 2 rings (SSSR count). The summed E-state index contributed by atoms with van der Waals surface area (Å²) in [4.78, 5) is 12.3. The summed E-state index contributed by atoms with van der Waals surface area (Å²) >= 11 is 0. The molecule has 2 aromatic rings. The van der Waals surface area contributed by atoms with Gasteiger partial charge in [-0.05, 0) is 43.2 Å². The van der Waals surface area contributed by atoms with E-state index < -0.39 is 0 Å². The fourth-order valence-electron chi connectivity index (χ4n) is 2.19. The van der Waals surface area contributed by atoms with Crippen molar-refractivity contribution in [1.82, 2.24) is 0 Å². The Labute approximate surface area is 131 Å². The smallest absolute Gasteiger partial charge is 0.246 e. The Kier molecular flexibility index (Phi) is 5.42. The number of carbonyl (C=O) groups is 1. The molecule has 0 fully saturated rings. The molecule has 4 nitrogen and oxygen atoms in total. The number of methoxy groups -OCH3 is 1. The van der Waals surface area contributed by atoms with Gasteiger partial charge >= 0.3 is 0 Å². The second-order valence-electron chi connectivity index (χ2n) is 5.11. The monoisotopic (exact) mass is 298 g/mol. The van der Waals surface area contributed by atoms with E-state index in [0.717, 1.165) is 12.1 Å². The number of hydrogen-bond acceptors (Lipinski definition) is 3. The standard InChI is InChI=1S/C18H22N2O2/c1-4-14-8-7-9-15(12-14)19-13(2)18(21)20-16-10-5-6-11-17(16)22-3/h5-13,19H,4H2,1-3H3,(H,20,21)/t13-/m1/s1. The molecule has 0 radical (unpaired) electrons. The molecule has 1 amide bonds. The minimum atomic E-state index is -0.350. The van der Waals surface area contributed by atoms with Gasteiger partial charge in [0.1, 0.15) is 11.8 Å². The SMILES string of the molecule is CCc1cccc(N[C@H](C)C(=O)Nc2ccccc2OC)c1. The van der Waals surface area contributed by atoms with Crippen molar-refractivity contribution in [3.63, 3.8) is 0 Å². The van der Waals surface area contributed by atoms with Crippen LogP contribution in [0.2, 0.25) is 0 Å². The Morgan fingerprint density at radius 1 is 1.18 bits per heavy atom. The summed E-state index contributed by atoms with van der Waals surface area (Å²) in [5, 5.41) is 6.10. The molecule has 0 unspecified atom stereocenters. The van der Waals surface area contributed by atoms with Gasteiger partial charge in [-0.25, -0.2) is 0 Å². The average Bonchev–Trinajstić information content (AvgIpc) is 2.55. The van der Waals surface area contributed by atoms with Gasteiger partial charge in [0.05, 0.1) is 12.8 Å². The van der Waals surface area contributed by atoms with Gasteiger partial charge in [-0.3, -0.25) is 4.79 Å². The van der Waals surface area contributed by atoms with Crippen LogP contribution in [0, 0.1) is 0 Å². The van der Waals surface area contributed by atoms with E-state index in [1.165, 1.54) is 5.56 Å². The molecule has 0 aliphatic heterocycles. The lowest BCUT2D eigenvalue weighted by atomic mass is 10.1. The molecule has 1 atom stereocenters. The number of anilines is 2. The van der Waals surface area contributed by atoms with Gasteiger partial charge in [0.2, 0.25) is 5.91 Å². The molecule has 2 N–H and O–H groups in total. The molecule has 0 saturated carbocycles. The van der Waals surface area contributed by atoms with Gasteiger partial charge in [0.15, 0.2) is 0 Å². The third kappa shape index (κ3) is 4.01. The molecule has 0 aromatic heterocycles. The third-order valence-electron chi connectivity index (χ3n) is 3.48. The van der Waals surface area contributed by atoms with Crippen molar-refractivity contribution in [2.45, 2.75) is 26.3 Å². The largest absolute Gasteiger partial charge is 0.495 e. The van der Waals surface area contributed by atoms with E-state index in [4.69, 9.17) is 4.74 Å². The van der Waals surface area contributed by atoms with Crippen LogP contribution in [0.15, 0.2) is 48.5 Å². The van der Waals surface area contributed by atoms with Crippen LogP contribution in [-0.2, 0) is 11.2 Å². The first-order valence-electron chi connectivity index (χ1n) is 7.43. The normalized spacial score (nSPS) is 11.6. The zero-order valence-corrected chi connectivity index (χ0v) is 13.2. The van der Waals surface area contributed by atoms with Gasteiger partial charge in [-0.2, -0.15) is 0 Å². The molecule has 22 heavy (non-hydrogen) atoms. The van der Waals surface area contributed by atoms with E-state index >= 15 is 0 Å². The Balaban J connectivity index is 2.02. The number of carbonyl (C=O) groups excluding carboxylic acids is 1. The first kappa shape index (κ1) is 15.9. The average molecular weight is 298 g/mol. The van der Waals surface area contributed by atoms with Gasteiger partial charge in [0.25, 0.3) is 0 Å². The van der Waals surface area contributed by atoms with Crippen LogP contribution >= 0.6 is 0 Å². The number of para-hydroxylation sites is 2. The number of hydrogen-bond donors (Lipinski definition) is 2. The van der Waals surface area contributed by atoms with Crippen LogP contribution in [0.3, 0.4) is 0 Å². The quantitative estimate of drug-likeness (QED) is 0.855. The van der Waals surface area contributed by atoms with E-state index in [1.807, 2.05) is 43.3 Å². The van der Waals surface area contributed by atoms with E-state index in [2.05, 4.69) is 29.7 Å². The first-order chi connectivity index (χ1) is 10.6. The molecular weight excluding hydrogens is 276 g/mol. The molecule has 0 heterocycles. The highest BCUT2D eigenvalue weighted by Crippen LogP contribution is 2.23. The number of rotatable bonds is 6. The summed E-state index contributed by atoms with van der Waals surface area (Å²) in [6, 6.07) is 15.1. The summed E-state index contributed by atoms with van der Waals surface area (Å²) < 4.78 is 5.24. The highest BCUT2D eigenvalue weighted by atomic mass is 16.5. The zero-order chi connectivity index (χ0) is 15.9. The number of ether oxygens (including phenoxy) is 1. The Morgan fingerprint density at radius 2 is 1.95 bits per heavy atom. The number of amides is 1. The zero-order valence-electron chi connectivity index (χ0n) is 13.2. The van der Waals surface area contributed by atoms with Crippen molar-refractivity contribution in [2.75, 3.05) is 17.7 Å². The fourth-order valence-corrected chi connectivity index (χ4v) is 2.19. The molecular formula is C18H22N2O2. The maximum atomic E-state index is 12.3. The van der Waals surface area contributed by atoms with Crippen LogP contribution in [0.4, 0.5) is 11.4 Å². The van der Waals surface area contributed by atoms with E-state index in [9.17, 15) is 4.79 Å². The molecule has 4 heteroatoms. The summed E-state index contributed by atoms with van der Waals surface area (Å²) in [6.45, 7) is 3.94. The van der Waals surface area contributed by atoms with Crippen LogP contribution in [0.5, 0.6) is 5.75 Å². The van der Waals surface area contributed by atoms with Crippen LogP contribution in [0.25, 0.3) is 0 Å². The fraction of sp³-hybridized carbons (Fsp3) is 0.278. The van der Waals surface area contributed by atoms with Gasteiger partial charge in [-0.1, -0.05) is 31.2 Å². The highest BCUT2D eigenvalue weighted by molar-refractivity contribution is 5.97. The topological polar surface area (TPSA) is 50.4 Å². The molecule has 0 saturated heterocycles. The molecule has 2 aromatic carbocycles. The minimum Gasteiger partial charge on any atom is -0.495 e. The van der Waals surface area contributed by atoms with Gasteiger partial charge in [0, 0.05) is 5.69 Å². The molecule has 0 bridgehead atoms. The molecule has 0 aliphatic rings. The lowest BCUT2D eigenvalue weighted by molar-refractivity contribution is -0.116. The number of nitrogens with one attached hydrogen (secondary N) is 2. The molecule has 116 valence electrons. The maximum Gasteiger partial charge on any atom is 0.246 e. The lowest BCUT2D eigenvalue weighted by Crippen LogP contribution is -2.32. The second kappa shape index (κ2) is 7.50. The Morgan fingerprint density at radius 3 is 2.68 bits per heavy atom. The first-order valence-corrected chi connectivity index (χ1v) is 7.43. The Hall–Kier alpha value is -2.49. The number of benzene rings is 2. The van der Waals surface area contributed by atoms with Crippen molar-refractivity contribution >= 4 is 17.3 Å². The second-order valence-corrected chi connectivity index (χ2v) is 5.11. The predicted octanol–water partition coefficient (Wildman–Crippen LogP) is 3.70. The van der Waals surface area contributed by atoms with Gasteiger partial charge in [-0.15, -0.1) is 0 Å². The Bertz CT molecular complexity index is 640. The maximum absolute atomic E-state index is 12.3. The van der Waals surface area contributed by atoms with Crippen LogP contribution in [0.1, 0.15) is 19.4 Å². The number of aryl methyl sites for hydroxylation is 1. The summed E-state index contributed by atoms with van der Waals surface area (Å²) in [7, 11) is 1.59. The van der Waals surface area contributed by atoms with Crippen molar-refractivity contribution in [3.8, 4) is 5.75 Å². The summed E-state index contributed by atoms with van der Waals surface area (Å²) in [5.41, 5.74) is 2.86. The minimum absolute atomic E-state index is 0.105. The molecule has 0 aliphatic carbocycles. The summed E-state index contributed by atoms with van der Waals surface area (Å²) in [6.07, 6.45) is 0.970. The van der Waals surface area contributed by atoms with E-state index in [-0.39, 0.29) is 11.9 Å². The summed E-state index contributed by atoms with van der Waals surface area (Å²) in [5.74, 6) is 0.544. The van der Waals surface area contributed by atoms with Gasteiger partial charge < -0.3 is 15.4 Å². The van der Waals surface area contributed by atoms with Crippen LogP contribution in [-0.4, -0.2) is 19.1 Å². The van der Waals surface area contributed by atoms with Crippen molar-refractivity contribution in [3.05, 3.63) is 54.1 Å². The predicted molar refractivity (Wildman–Crippen MR) is 90.5 cm³/mol. The highest BCUT2D eigenvalue weighted by Gasteiger charge is 2.14. The van der Waals surface area contributed by atoms with E-state index in [1.54, 1.807) is 7.11 Å². The lowest BCUT2D eigenvalue weighted by Gasteiger charge is -2.17. The van der Waals surface area contributed by atoms with Crippen molar-refractivity contribution in [2.24, 2.45) is 0 Å². The molecule has 0 spiro atoms. The third-order valence-corrected chi connectivity index (χ3v) is 3.48. The van der Waals surface area contributed by atoms with Crippen LogP contribution < -0.4 is 15.4 Å².